The van der Waals surface area contributed by atoms with E-state index < -0.39 is 0 Å². The Balaban J connectivity index is 1.70. The molecule has 2 aromatic rings. The van der Waals surface area contributed by atoms with Gasteiger partial charge in [-0.2, -0.15) is 0 Å². The highest BCUT2D eigenvalue weighted by molar-refractivity contribution is 5.81. The fourth-order valence-corrected chi connectivity index (χ4v) is 4.74. The molecule has 1 heterocycles. The lowest BCUT2D eigenvalue weighted by Crippen LogP contribution is -3.13. The summed E-state index contributed by atoms with van der Waals surface area (Å²) in [7, 11) is 3.30. The van der Waals surface area contributed by atoms with Gasteiger partial charge >= 0.3 is 0 Å². The molecule has 4 rings (SSSR count). The van der Waals surface area contributed by atoms with E-state index in [0.29, 0.717) is 5.75 Å². The summed E-state index contributed by atoms with van der Waals surface area (Å²) in [4.78, 5) is 14.0. The Morgan fingerprint density at radius 3 is 2.45 bits per heavy atom. The van der Waals surface area contributed by atoms with Gasteiger partial charge in [-0.05, 0) is 49.1 Å². The molecule has 1 aliphatic carbocycles. The molecule has 3 atom stereocenters. The molecule has 1 fully saturated rings. The summed E-state index contributed by atoms with van der Waals surface area (Å²) < 4.78 is 24.5. The van der Waals surface area contributed by atoms with Gasteiger partial charge in [0.05, 0.1) is 26.8 Å². The first-order chi connectivity index (χ1) is 15.0. The Kier molecular flexibility index (Phi) is 6.46. The third-order valence-electron chi connectivity index (χ3n) is 6.60. The summed E-state index contributed by atoms with van der Waals surface area (Å²) in [6.45, 7) is 3.83. The van der Waals surface area contributed by atoms with Crippen LogP contribution in [0.2, 0.25) is 0 Å². The summed E-state index contributed by atoms with van der Waals surface area (Å²) in [5.41, 5.74) is 3.53. The van der Waals surface area contributed by atoms with Crippen molar-refractivity contribution >= 4 is 5.91 Å². The number of rotatable bonds is 8. The zero-order chi connectivity index (χ0) is 22.0. The van der Waals surface area contributed by atoms with Crippen LogP contribution < -0.4 is 19.7 Å². The zero-order valence-corrected chi connectivity index (χ0v) is 18.5. The van der Waals surface area contributed by atoms with E-state index in [1.165, 1.54) is 28.2 Å². The third-order valence-corrected chi connectivity index (χ3v) is 6.60. The second-order valence-corrected chi connectivity index (χ2v) is 8.64. The maximum atomic E-state index is 13.4. The quantitative estimate of drug-likeness (QED) is 0.681. The third kappa shape index (κ3) is 4.69. The second kappa shape index (κ2) is 9.27. The zero-order valence-electron chi connectivity index (χ0n) is 18.5. The van der Waals surface area contributed by atoms with Crippen molar-refractivity contribution in [1.82, 2.24) is 5.32 Å². The Labute approximate surface area is 183 Å². The van der Waals surface area contributed by atoms with Gasteiger partial charge in [0, 0.05) is 23.5 Å². The highest BCUT2D eigenvalue weighted by atomic mass is 19.1. The number of nitrogens with one attached hydrogen (secondary N) is 2. The average molecular weight is 428 g/mol. The Bertz CT molecular complexity index is 927. The molecule has 0 aromatic heterocycles. The molecule has 166 valence electrons. The van der Waals surface area contributed by atoms with Crippen LogP contribution in [0.15, 0.2) is 36.4 Å². The molecule has 0 bridgehead atoms. The number of benzene rings is 2. The number of fused-ring (bicyclic) bond motifs is 1. The first kappa shape index (κ1) is 21.6. The van der Waals surface area contributed by atoms with Gasteiger partial charge in [-0.3, -0.25) is 4.79 Å². The SMILES string of the molecule is CC[C@@H](NC(=O)C1CC1)[C@H]1c2cc(OC)c(OC)cc2CC[NH+]1Cc1ccc(F)cc1. The van der Waals surface area contributed by atoms with Crippen molar-refractivity contribution in [3.63, 3.8) is 0 Å². The van der Waals surface area contributed by atoms with Gasteiger partial charge in [0.25, 0.3) is 0 Å². The van der Waals surface area contributed by atoms with Crippen LogP contribution in [-0.4, -0.2) is 32.7 Å². The molecule has 0 radical (unpaired) electrons. The van der Waals surface area contributed by atoms with Crippen LogP contribution in [0.25, 0.3) is 0 Å². The van der Waals surface area contributed by atoms with Gasteiger partial charge in [-0.1, -0.05) is 19.1 Å². The minimum Gasteiger partial charge on any atom is -0.493 e. The molecule has 5 nitrogen and oxygen atoms in total. The van der Waals surface area contributed by atoms with E-state index in [2.05, 4.69) is 24.4 Å². The number of ether oxygens (including phenoxy) is 2. The summed E-state index contributed by atoms with van der Waals surface area (Å²) in [6, 6.07) is 11.0. The van der Waals surface area contributed by atoms with Crippen LogP contribution in [0, 0.1) is 11.7 Å². The van der Waals surface area contributed by atoms with E-state index in [0.717, 1.165) is 50.1 Å². The highest BCUT2D eigenvalue weighted by Gasteiger charge is 2.40. The van der Waals surface area contributed by atoms with E-state index in [4.69, 9.17) is 9.47 Å². The summed E-state index contributed by atoms with van der Waals surface area (Å²) in [6.07, 6.45) is 3.72. The lowest BCUT2D eigenvalue weighted by Gasteiger charge is -2.39. The minimum atomic E-state index is -0.223. The maximum absolute atomic E-state index is 13.4. The van der Waals surface area contributed by atoms with E-state index in [1.54, 1.807) is 14.2 Å². The van der Waals surface area contributed by atoms with Gasteiger partial charge in [0.1, 0.15) is 18.4 Å². The fraction of sp³-hybridized carbons (Fsp3) is 0.480. The predicted molar refractivity (Wildman–Crippen MR) is 117 cm³/mol. The lowest BCUT2D eigenvalue weighted by atomic mass is 9.86. The monoisotopic (exact) mass is 427 g/mol. The normalized spacial score (nSPS) is 21.2. The largest absolute Gasteiger partial charge is 0.493 e. The molecule has 0 saturated heterocycles. The maximum Gasteiger partial charge on any atom is 0.223 e. The number of quaternary nitrogens is 1. The summed E-state index contributed by atoms with van der Waals surface area (Å²) in [5, 5.41) is 3.34. The molecule has 1 saturated carbocycles. The Morgan fingerprint density at radius 1 is 1.16 bits per heavy atom. The molecule has 2 N–H and O–H groups in total. The first-order valence-electron chi connectivity index (χ1n) is 11.2. The lowest BCUT2D eigenvalue weighted by molar-refractivity contribution is -0.948. The highest BCUT2D eigenvalue weighted by Crippen LogP contribution is 2.36. The molecular weight excluding hydrogens is 395 g/mol. The van der Waals surface area contributed by atoms with Gasteiger partial charge in [0.2, 0.25) is 5.91 Å². The van der Waals surface area contributed by atoms with Crippen molar-refractivity contribution in [1.29, 1.82) is 0 Å². The van der Waals surface area contributed by atoms with Crippen LogP contribution in [-0.2, 0) is 17.8 Å². The van der Waals surface area contributed by atoms with Gasteiger partial charge in [-0.25, -0.2) is 4.39 Å². The van der Waals surface area contributed by atoms with Crippen molar-refractivity contribution in [2.24, 2.45) is 5.92 Å². The standard InChI is InChI=1S/C25H31FN2O3/c1-4-21(27-25(29)17-7-8-17)24-20-14-23(31-3)22(30-2)13-18(20)11-12-28(24)15-16-5-9-19(26)10-6-16/h5-6,9-10,13-14,17,21,24H,4,7-8,11-12,15H2,1-3H3,(H,27,29)/p+1/t21-,24-/m1/s1. The molecule has 0 spiro atoms. The number of amides is 1. The van der Waals surface area contributed by atoms with E-state index >= 15 is 0 Å². The van der Waals surface area contributed by atoms with Gasteiger partial charge < -0.3 is 19.7 Å². The van der Waals surface area contributed by atoms with Crippen molar-refractivity contribution < 1.29 is 23.6 Å². The molecule has 6 heteroatoms. The van der Waals surface area contributed by atoms with E-state index in [1.807, 2.05) is 12.1 Å². The number of carbonyl (C=O) groups excluding carboxylic acids is 1. The topological polar surface area (TPSA) is 52.0 Å². The summed E-state index contributed by atoms with van der Waals surface area (Å²) >= 11 is 0. The predicted octanol–water partition coefficient (Wildman–Crippen LogP) is 2.83. The van der Waals surface area contributed by atoms with E-state index in [9.17, 15) is 9.18 Å². The van der Waals surface area contributed by atoms with Crippen molar-refractivity contribution in [3.8, 4) is 11.5 Å². The Morgan fingerprint density at radius 2 is 1.84 bits per heavy atom. The summed E-state index contributed by atoms with van der Waals surface area (Å²) in [5.74, 6) is 1.55. The average Bonchev–Trinajstić information content (AvgIpc) is 3.63. The van der Waals surface area contributed by atoms with Crippen LogP contribution in [0.5, 0.6) is 11.5 Å². The number of hydrogen-bond acceptors (Lipinski definition) is 3. The van der Waals surface area contributed by atoms with Crippen LogP contribution in [0.4, 0.5) is 4.39 Å². The molecule has 31 heavy (non-hydrogen) atoms. The first-order valence-corrected chi connectivity index (χ1v) is 11.2. The van der Waals surface area contributed by atoms with Crippen LogP contribution in [0.3, 0.4) is 0 Å². The van der Waals surface area contributed by atoms with Crippen LogP contribution in [0.1, 0.15) is 48.9 Å². The van der Waals surface area contributed by atoms with Crippen LogP contribution >= 0.6 is 0 Å². The molecule has 1 aliphatic heterocycles. The van der Waals surface area contributed by atoms with Crippen molar-refractivity contribution in [2.45, 2.75) is 51.2 Å². The smallest absolute Gasteiger partial charge is 0.223 e. The molecule has 1 amide bonds. The molecular formula is C25H32FN2O3+. The molecule has 1 unspecified atom stereocenters. The van der Waals surface area contributed by atoms with Crippen molar-refractivity contribution in [2.75, 3.05) is 20.8 Å². The fourth-order valence-electron chi connectivity index (χ4n) is 4.74. The second-order valence-electron chi connectivity index (χ2n) is 8.64. The number of methoxy groups -OCH3 is 2. The number of halogens is 1. The molecule has 2 aromatic carbocycles. The number of carbonyl (C=O) groups is 1. The Hall–Kier alpha value is -2.60. The van der Waals surface area contributed by atoms with Gasteiger partial charge in [0.15, 0.2) is 11.5 Å². The molecule has 2 aliphatic rings. The number of hydrogen-bond donors (Lipinski definition) is 2. The van der Waals surface area contributed by atoms with Gasteiger partial charge in [-0.15, -0.1) is 0 Å². The van der Waals surface area contributed by atoms with Crippen molar-refractivity contribution in [3.05, 3.63) is 58.9 Å². The van der Waals surface area contributed by atoms with E-state index in [-0.39, 0.29) is 29.7 Å². The minimum absolute atomic E-state index is 0.0145.